The molecule has 144 valence electrons. The van der Waals surface area contributed by atoms with Crippen LogP contribution in [0.25, 0.3) is 6.08 Å². The van der Waals surface area contributed by atoms with Crippen molar-refractivity contribution >= 4 is 39.8 Å². The second kappa shape index (κ2) is 8.57. The number of carbonyl (C=O) groups excluding carboxylic acids is 2. The number of halogens is 1. The molecule has 0 spiro atoms. The lowest BCUT2D eigenvalue weighted by molar-refractivity contribution is -0.137. The van der Waals surface area contributed by atoms with Gasteiger partial charge in [0, 0.05) is 4.47 Å². The summed E-state index contributed by atoms with van der Waals surface area (Å²) < 4.78 is 11.1. The van der Waals surface area contributed by atoms with E-state index in [0.717, 1.165) is 0 Å². The van der Waals surface area contributed by atoms with Gasteiger partial charge in [-0.2, -0.15) is 0 Å². The van der Waals surface area contributed by atoms with Gasteiger partial charge < -0.3 is 25.2 Å². The number of ether oxygens (including phenoxy) is 2. The molecule has 0 atom stereocenters. The van der Waals surface area contributed by atoms with Crippen LogP contribution in [0.2, 0.25) is 0 Å². The first-order valence-corrected chi connectivity index (χ1v) is 8.90. The van der Waals surface area contributed by atoms with Crippen LogP contribution in [-0.2, 0) is 9.59 Å². The monoisotopic (exact) mass is 446 g/mol. The first kappa shape index (κ1) is 19.4. The molecule has 2 aromatic rings. The van der Waals surface area contributed by atoms with E-state index in [0.29, 0.717) is 27.1 Å². The molecule has 0 unspecified atom stereocenters. The maximum atomic E-state index is 12.6. The van der Waals surface area contributed by atoms with Crippen molar-refractivity contribution in [2.24, 2.45) is 0 Å². The lowest BCUT2D eigenvalue weighted by Gasteiger charge is -2.11. The molecule has 2 aromatic carbocycles. The number of rotatable bonds is 6. The fourth-order valence-corrected chi connectivity index (χ4v) is 2.88. The SMILES string of the molecule is O=C(O)CNC(=O)/C(=C\c1ccc2c(c1)OCO2)NC(=O)c1ccccc1Br. The fraction of sp³-hybridized carbons (Fsp3) is 0.105. The number of hydrogen-bond acceptors (Lipinski definition) is 5. The van der Waals surface area contributed by atoms with E-state index in [-0.39, 0.29) is 12.5 Å². The van der Waals surface area contributed by atoms with Gasteiger partial charge in [-0.3, -0.25) is 14.4 Å². The quantitative estimate of drug-likeness (QED) is 0.585. The van der Waals surface area contributed by atoms with E-state index in [1.807, 2.05) is 0 Å². The van der Waals surface area contributed by atoms with Crippen molar-refractivity contribution in [3.05, 3.63) is 63.8 Å². The molecule has 0 fully saturated rings. The summed E-state index contributed by atoms with van der Waals surface area (Å²) in [7, 11) is 0. The van der Waals surface area contributed by atoms with Crippen molar-refractivity contribution < 1.29 is 29.0 Å². The Morgan fingerprint density at radius 3 is 2.61 bits per heavy atom. The summed E-state index contributed by atoms with van der Waals surface area (Å²) in [5.74, 6) is -1.37. The first-order valence-electron chi connectivity index (χ1n) is 8.11. The Bertz CT molecular complexity index is 973. The summed E-state index contributed by atoms with van der Waals surface area (Å²) in [4.78, 5) is 35.7. The highest BCUT2D eigenvalue weighted by atomic mass is 79.9. The summed E-state index contributed by atoms with van der Waals surface area (Å²) in [5, 5.41) is 13.5. The molecule has 0 bridgehead atoms. The van der Waals surface area contributed by atoms with Crippen molar-refractivity contribution in [1.82, 2.24) is 10.6 Å². The summed E-state index contributed by atoms with van der Waals surface area (Å²) in [6.45, 7) is -0.477. The molecule has 1 aliphatic heterocycles. The van der Waals surface area contributed by atoms with Crippen molar-refractivity contribution in [2.45, 2.75) is 0 Å². The van der Waals surface area contributed by atoms with E-state index in [1.54, 1.807) is 42.5 Å². The molecule has 3 rings (SSSR count). The van der Waals surface area contributed by atoms with Crippen LogP contribution in [0, 0.1) is 0 Å². The van der Waals surface area contributed by atoms with Gasteiger partial charge in [0.15, 0.2) is 11.5 Å². The summed E-state index contributed by atoms with van der Waals surface area (Å²) in [6, 6.07) is 11.7. The molecule has 0 saturated carbocycles. The molecule has 0 radical (unpaired) electrons. The van der Waals surface area contributed by atoms with Gasteiger partial charge in [0.2, 0.25) is 6.79 Å². The third kappa shape index (κ3) is 4.68. The van der Waals surface area contributed by atoms with Gasteiger partial charge in [0.05, 0.1) is 5.56 Å². The van der Waals surface area contributed by atoms with Crippen LogP contribution in [0.3, 0.4) is 0 Å². The highest BCUT2D eigenvalue weighted by Gasteiger charge is 2.18. The normalized spacial score (nSPS) is 12.4. The Morgan fingerprint density at radius 2 is 1.86 bits per heavy atom. The van der Waals surface area contributed by atoms with E-state index in [9.17, 15) is 14.4 Å². The van der Waals surface area contributed by atoms with Crippen molar-refractivity contribution in [3.8, 4) is 11.5 Å². The van der Waals surface area contributed by atoms with E-state index >= 15 is 0 Å². The Balaban J connectivity index is 1.88. The van der Waals surface area contributed by atoms with Crippen LogP contribution in [0.1, 0.15) is 15.9 Å². The van der Waals surface area contributed by atoms with Crippen LogP contribution in [0.5, 0.6) is 11.5 Å². The minimum Gasteiger partial charge on any atom is -0.480 e. The van der Waals surface area contributed by atoms with E-state index in [4.69, 9.17) is 14.6 Å². The number of fused-ring (bicyclic) bond motifs is 1. The predicted octanol–water partition coefficient (Wildman–Crippen LogP) is 2.15. The summed E-state index contributed by atoms with van der Waals surface area (Å²) >= 11 is 3.29. The Morgan fingerprint density at radius 1 is 1.11 bits per heavy atom. The number of amides is 2. The molecule has 0 aliphatic carbocycles. The summed E-state index contributed by atoms with van der Waals surface area (Å²) in [6.07, 6.45) is 1.42. The third-order valence-electron chi connectivity index (χ3n) is 3.72. The second-order valence-electron chi connectivity index (χ2n) is 5.68. The molecule has 9 heteroatoms. The number of hydrogen-bond donors (Lipinski definition) is 3. The van der Waals surface area contributed by atoms with Gasteiger partial charge in [0.1, 0.15) is 12.2 Å². The molecule has 0 aromatic heterocycles. The number of nitrogens with one attached hydrogen (secondary N) is 2. The van der Waals surface area contributed by atoms with Gasteiger partial charge >= 0.3 is 5.97 Å². The number of carboxylic acid groups (broad SMARTS) is 1. The lowest BCUT2D eigenvalue weighted by Crippen LogP contribution is -2.37. The number of carbonyl (C=O) groups is 3. The average molecular weight is 447 g/mol. The predicted molar refractivity (Wildman–Crippen MR) is 103 cm³/mol. The third-order valence-corrected chi connectivity index (χ3v) is 4.41. The first-order chi connectivity index (χ1) is 13.4. The average Bonchev–Trinajstić information content (AvgIpc) is 3.13. The van der Waals surface area contributed by atoms with Gasteiger partial charge in [0.25, 0.3) is 11.8 Å². The molecular weight excluding hydrogens is 432 g/mol. The van der Waals surface area contributed by atoms with Crippen LogP contribution in [0.4, 0.5) is 0 Å². The van der Waals surface area contributed by atoms with Crippen molar-refractivity contribution in [2.75, 3.05) is 13.3 Å². The van der Waals surface area contributed by atoms with E-state index in [2.05, 4.69) is 26.6 Å². The van der Waals surface area contributed by atoms with Crippen LogP contribution in [0.15, 0.2) is 52.6 Å². The Labute approximate surface area is 168 Å². The smallest absolute Gasteiger partial charge is 0.322 e. The van der Waals surface area contributed by atoms with Gasteiger partial charge in [-0.25, -0.2) is 0 Å². The van der Waals surface area contributed by atoms with Crippen molar-refractivity contribution in [3.63, 3.8) is 0 Å². The molecule has 28 heavy (non-hydrogen) atoms. The lowest BCUT2D eigenvalue weighted by atomic mass is 10.1. The number of aliphatic carboxylic acids is 1. The van der Waals surface area contributed by atoms with E-state index < -0.39 is 24.3 Å². The maximum absolute atomic E-state index is 12.6. The Kier molecular flexibility index (Phi) is 5.95. The molecule has 1 aliphatic rings. The number of benzene rings is 2. The summed E-state index contributed by atoms with van der Waals surface area (Å²) in [5.41, 5.74) is 0.781. The second-order valence-corrected chi connectivity index (χ2v) is 6.54. The van der Waals surface area contributed by atoms with Gasteiger partial charge in [-0.05, 0) is 51.8 Å². The minimum atomic E-state index is -1.20. The topological polar surface area (TPSA) is 114 Å². The standard InChI is InChI=1S/C19H15BrN2O6/c20-13-4-2-1-3-12(13)18(25)22-14(19(26)21-9-17(23)24)7-11-5-6-15-16(8-11)28-10-27-15/h1-8H,9-10H2,(H,21,26)(H,22,25)(H,23,24)/b14-7+. The zero-order valence-electron chi connectivity index (χ0n) is 14.4. The molecule has 8 nitrogen and oxygen atoms in total. The van der Waals surface area contributed by atoms with E-state index in [1.165, 1.54) is 6.08 Å². The largest absolute Gasteiger partial charge is 0.480 e. The Hall–Kier alpha value is -3.33. The fourth-order valence-electron chi connectivity index (χ4n) is 2.41. The molecular formula is C19H15BrN2O6. The molecule has 1 heterocycles. The van der Waals surface area contributed by atoms with Crippen molar-refractivity contribution in [1.29, 1.82) is 0 Å². The molecule has 2 amide bonds. The minimum absolute atomic E-state index is 0.104. The van der Waals surface area contributed by atoms with Crippen LogP contribution in [-0.4, -0.2) is 36.2 Å². The van der Waals surface area contributed by atoms with Gasteiger partial charge in [-0.1, -0.05) is 18.2 Å². The maximum Gasteiger partial charge on any atom is 0.322 e. The molecule has 3 N–H and O–H groups in total. The zero-order valence-corrected chi connectivity index (χ0v) is 16.0. The number of carboxylic acids is 1. The highest BCUT2D eigenvalue weighted by Crippen LogP contribution is 2.33. The van der Waals surface area contributed by atoms with Crippen LogP contribution >= 0.6 is 15.9 Å². The highest BCUT2D eigenvalue weighted by molar-refractivity contribution is 9.10. The molecule has 0 saturated heterocycles. The van der Waals surface area contributed by atoms with Gasteiger partial charge in [-0.15, -0.1) is 0 Å². The zero-order chi connectivity index (χ0) is 20.1. The van der Waals surface area contributed by atoms with Crippen LogP contribution < -0.4 is 20.1 Å².